The Kier molecular flexibility index (Phi) is 4.19. The number of aliphatic imine (C=N–C) groups is 2. The van der Waals surface area contributed by atoms with Gasteiger partial charge in [0.2, 0.25) is 0 Å². The number of hydrogen-bond acceptors (Lipinski definition) is 4. The first-order chi connectivity index (χ1) is 10.7. The zero-order valence-corrected chi connectivity index (χ0v) is 12.5. The van der Waals surface area contributed by atoms with E-state index in [1.165, 1.54) is 0 Å². The normalized spacial score (nSPS) is 24.9. The maximum atomic E-state index is 6.19. The van der Waals surface area contributed by atoms with Crippen molar-refractivity contribution in [2.75, 3.05) is 0 Å². The van der Waals surface area contributed by atoms with Gasteiger partial charge in [0, 0.05) is 35.7 Å². The lowest BCUT2D eigenvalue weighted by Crippen LogP contribution is -2.16. The minimum atomic E-state index is 0.731. The molecule has 0 spiro atoms. The summed E-state index contributed by atoms with van der Waals surface area (Å²) in [6.45, 7) is 0. The number of hydrogen-bond donors (Lipinski definition) is 2. The third kappa shape index (κ3) is 3.17. The van der Waals surface area contributed by atoms with Crippen molar-refractivity contribution in [1.29, 1.82) is 0 Å². The summed E-state index contributed by atoms with van der Waals surface area (Å²) in [5, 5.41) is 0. The van der Waals surface area contributed by atoms with Crippen LogP contribution in [-0.4, -0.2) is 11.4 Å². The number of rotatable bonds is 2. The summed E-state index contributed by atoms with van der Waals surface area (Å²) in [5.74, 6) is 0. The highest BCUT2D eigenvalue weighted by Crippen LogP contribution is 2.29. The van der Waals surface area contributed by atoms with Crippen LogP contribution in [0.3, 0.4) is 0 Å². The first kappa shape index (κ1) is 14.3. The Bertz CT molecular complexity index is 647. The Morgan fingerprint density at radius 3 is 1.50 bits per heavy atom. The van der Waals surface area contributed by atoms with Crippen LogP contribution in [0.25, 0.3) is 0 Å². The van der Waals surface area contributed by atoms with E-state index in [9.17, 15) is 0 Å². The Morgan fingerprint density at radius 2 is 1.14 bits per heavy atom. The smallest absolute Gasteiger partial charge is 0.109 e. The zero-order chi connectivity index (χ0) is 15.4. The van der Waals surface area contributed by atoms with E-state index in [1.54, 1.807) is 0 Å². The van der Waals surface area contributed by atoms with Crippen molar-refractivity contribution in [1.82, 2.24) is 0 Å². The lowest BCUT2D eigenvalue weighted by Gasteiger charge is -2.19. The fourth-order valence-corrected chi connectivity index (χ4v) is 2.52. The second-order valence-electron chi connectivity index (χ2n) is 5.44. The molecule has 0 saturated carbocycles. The molecule has 0 aliphatic heterocycles. The van der Waals surface area contributed by atoms with Crippen LogP contribution in [0.1, 0.15) is 25.7 Å². The summed E-state index contributed by atoms with van der Waals surface area (Å²) < 4.78 is 0. The van der Waals surface area contributed by atoms with Crippen LogP contribution in [0.2, 0.25) is 0 Å². The Hall–Kier alpha value is -2.62. The molecule has 3 aliphatic carbocycles. The Labute approximate surface area is 130 Å². The second kappa shape index (κ2) is 6.43. The maximum absolute atomic E-state index is 6.19. The summed E-state index contributed by atoms with van der Waals surface area (Å²) in [5.41, 5.74) is 17.3. The average Bonchev–Trinajstić information content (AvgIpc) is 2.56. The van der Waals surface area contributed by atoms with E-state index >= 15 is 0 Å². The lowest BCUT2D eigenvalue weighted by atomic mass is 10.0. The molecule has 0 bridgehead atoms. The van der Waals surface area contributed by atoms with Gasteiger partial charge in [0.05, 0.1) is 0 Å². The predicted octanol–water partition coefficient (Wildman–Crippen LogP) is 3.04. The summed E-state index contributed by atoms with van der Waals surface area (Å²) in [4.78, 5) is 9.44. The van der Waals surface area contributed by atoms with Crippen LogP contribution in [0.4, 0.5) is 0 Å². The molecule has 4 nitrogen and oxygen atoms in total. The van der Waals surface area contributed by atoms with Crippen LogP contribution in [-0.2, 0) is 0 Å². The van der Waals surface area contributed by atoms with Crippen LogP contribution in [0.15, 0.2) is 81.4 Å². The van der Waals surface area contributed by atoms with Crippen LogP contribution in [0, 0.1) is 0 Å². The Balaban J connectivity index is 1.97. The van der Waals surface area contributed by atoms with E-state index in [1.807, 2.05) is 36.5 Å². The van der Waals surface area contributed by atoms with Gasteiger partial charge in [0.15, 0.2) is 0 Å². The van der Waals surface area contributed by atoms with E-state index in [4.69, 9.17) is 21.5 Å². The molecule has 0 amide bonds. The first-order valence-corrected chi connectivity index (χ1v) is 7.53. The van der Waals surface area contributed by atoms with Crippen molar-refractivity contribution in [2.45, 2.75) is 25.7 Å². The number of allylic oxidation sites excluding steroid dienone is 10. The molecule has 0 fully saturated rings. The van der Waals surface area contributed by atoms with Crippen LogP contribution >= 0.6 is 0 Å². The third-order valence-corrected chi connectivity index (χ3v) is 3.73. The highest BCUT2D eigenvalue weighted by molar-refractivity contribution is 5.99. The summed E-state index contributed by atoms with van der Waals surface area (Å²) >= 11 is 0. The maximum Gasteiger partial charge on any atom is 0.109 e. The minimum absolute atomic E-state index is 0.731. The standard InChI is InChI=1S/C18H20N4/c19-15-11-12-16(20)18(22-14-9-5-2-6-10-14)17(15)21-13-7-3-1-4-8-13/h1-7,9H,8,10-12,19-20H2. The molecule has 3 aliphatic rings. The molecular weight excluding hydrogens is 272 g/mol. The summed E-state index contributed by atoms with van der Waals surface area (Å²) in [7, 11) is 0. The van der Waals surface area contributed by atoms with Gasteiger partial charge in [-0.3, -0.25) is 0 Å². The molecule has 112 valence electrons. The van der Waals surface area contributed by atoms with Gasteiger partial charge >= 0.3 is 0 Å². The number of nitrogens with two attached hydrogens (primary N) is 2. The highest BCUT2D eigenvalue weighted by Gasteiger charge is 2.19. The molecule has 22 heavy (non-hydrogen) atoms. The Morgan fingerprint density at radius 1 is 0.682 bits per heavy atom. The van der Waals surface area contributed by atoms with Crippen molar-refractivity contribution in [2.24, 2.45) is 21.5 Å². The van der Waals surface area contributed by atoms with Crippen molar-refractivity contribution in [3.63, 3.8) is 0 Å². The topological polar surface area (TPSA) is 76.8 Å². The monoisotopic (exact) mass is 292 g/mol. The van der Waals surface area contributed by atoms with Gasteiger partial charge in [0.25, 0.3) is 0 Å². The molecule has 4 heteroatoms. The fraction of sp³-hybridized carbons (Fsp3) is 0.222. The molecule has 0 saturated heterocycles. The van der Waals surface area contributed by atoms with E-state index in [0.29, 0.717) is 0 Å². The fourth-order valence-electron chi connectivity index (χ4n) is 2.52. The molecule has 0 heterocycles. The molecule has 0 aromatic rings. The van der Waals surface area contributed by atoms with E-state index in [-0.39, 0.29) is 0 Å². The van der Waals surface area contributed by atoms with E-state index in [0.717, 1.165) is 59.9 Å². The van der Waals surface area contributed by atoms with Crippen molar-refractivity contribution in [3.05, 3.63) is 71.4 Å². The van der Waals surface area contributed by atoms with Gasteiger partial charge in [-0.15, -0.1) is 0 Å². The number of nitrogens with zero attached hydrogens (tertiary/aromatic N) is 2. The third-order valence-electron chi connectivity index (χ3n) is 3.73. The van der Waals surface area contributed by atoms with Gasteiger partial charge in [-0.25, -0.2) is 9.98 Å². The van der Waals surface area contributed by atoms with Gasteiger partial charge in [0.1, 0.15) is 11.4 Å². The molecule has 4 N–H and O–H groups in total. The SMILES string of the molecule is NC1=C(N=C2C=CC=CC2)C(N=C2C=CC=CC2)=C(N)CC1. The van der Waals surface area contributed by atoms with Crippen molar-refractivity contribution >= 4 is 11.4 Å². The highest BCUT2D eigenvalue weighted by atomic mass is 14.9. The predicted molar refractivity (Wildman–Crippen MR) is 92.3 cm³/mol. The molecular formula is C18H20N4. The quantitative estimate of drug-likeness (QED) is 0.820. The van der Waals surface area contributed by atoms with Gasteiger partial charge < -0.3 is 11.5 Å². The second-order valence-corrected chi connectivity index (χ2v) is 5.44. The molecule has 0 aromatic heterocycles. The van der Waals surface area contributed by atoms with Gasteiger partial charge in [-0.2, -0.15) is 0 Å². The van der Waals surface area contributed by atoms with E-state index in [2.05, 4.69) is 12.2 Å². The van der Waals surface area contributed by atoms with Crippen LogP contribution < -0.4 is 11.5 Å². The minimum Gasteiger partial charge on any atom is -0.400 e. The summed E-state index contributed by atoms with van der Waals surface area (Å²) in [6.07, 6.45) is 19.2. The van der Waals surface area contributed by atoms with Gasteiger partial charge in [-0.1, -0.05) is 36.5 Å². The van der Waals surface area contributed by atoms with Crippen LogP contribution in [0.5, 0.6) is 0 Å². The van der Waals surface area contributed by atoms with E-state index < -0.39 is 0 Å². The van der Waals surface area contributed by atoms with Crippen molar-refractivity contribution in [3.8, 4) is 0 Å². The molecule has 3 rings (SSSR count). The lowest BCUT2D eigenvalue weighted by molar-refractivity contribution is 0.829. The zero-order valence-electron chi connectivity index (χ0n) is 12.5. The molecule has 0 atom stereocenters. The summed E-state index contributed by atoms with van der Waals surface area (Å²) in [6, 6.07) is 0. The average molecular weight is 292 g/mol. The largest absolute Gasteiger partial charge is 0.400 e. The van der Waals surface area contributed by atoms with Gasteiger partial charge in [-0.05, 0) is 25.0 Å². The molecule has 0 unspecified atom stereocenters. The first-order valence-electron chi connectivity index (χ1n) is 7.53. The van der Waals surface area contributed by atoms with Crippen molar-refractivity contribution < 1.29 is 0 Å². The molecule has 0 aromatic carbocycles. The molecule has 0 radical (unpaired) electrons.